The molecule has 3 rings (SSSR count). The lowest BCUT2D eigenvalue weighted by Crippen LogP contribution is -2.39. The second-order valence-corrected chi connectivity index (χ2v) is 8.04. The molecule has 1 saturated heterocycles. The molecular weight excluding hydrogens is 376 g/mol. The Hall–Kier alpha value is -2.38. The summed E-state index contributed by atoms with van der Waals surface area (Å²) in [7, 11) is 0. The number of nitrogens with one attached hydrogen (secondary N) is 1. The van der Waals surface area contributed by atoms with Crippen molar-refractivity contribution in [3.8, 4) is 11.1 Å². The van der Waals surface area contributed by atoms with Gasteiger partial charge in [-0.3, -0.25) is 4.79 Å². The van der Waals surface area contributed by atoms with Crippen molar-refractivity contribution in [3.05, 3.63) is 41.3 Å². The molecule has 1 atom stereocenters. The van der Waals surface area contributed by atoms with Crippen LogP contribution in [0.1, 0.15) is 30.4 Å². The van der Waals surface area contributed by atoms with Crippen molar-refractivity contribution in [2.45, 2.75) is 32.9 Å². The van der Waals surface area contributed by atoms with Gasteiger partial charge in [0.15, 0.2) is 6.10 Å². The molecule has 0 unspecified atom stereocenters. The van der Waals surface area contributed by atoms with E-state index in [4.69, 9.17) is 9.47 Å². The van der Waals surface area contributed by atoms with E-state index in [1.54, 1.807) is 6.92 Å². The van der Waals surface area contributed by atoms with Crippen molar-refractivity contribution < 1.29 is 19.1 Å². The fourth-order valence-electron chi connectivity index (χ4n) is 2.98. The third-order valence-corrected chi connectivity index (χ3v) is 5.56. The maximum absolute atomic E-state index is 12.7. The molecule has 0 saturated carbocycles. The highest BCUT2D eigenvalue weighted by atomic mass is 32.1. The number of carbonyl (C=O) groups excluding carboxylic acids is 2. The predicted molar refractivity (Wildman–Crippen MR) is 111 cm³/mol. The highest BCUT2D eigenvalue weighted by molar-refractivity contribution is 7.18. The van der Waals surface area contributed by atoms with Crippen LogP contribution in [0, 0.1) is 0 Å². The monoisotopic (exact) mass is 402 g/mol. The molecule has 0 spiro atoms. The van der Waals surface area contributed by atoms with Gasteiger partial charge in [-0.15, -0.1) is 11.3 Å². The summed E-state index contributed by atoms with van der Waals surface area (Å²) >= 11 is 1.40. The predicted octanol–water partition coefficient (Wildman–Crippen LogP) is 3.32. The summed E-state index contributed by atoms with van der Waals surface area (Å²) in [6, 6.07) is 11.8. The lowest BCUT2D eigenvalue weighted by atomic mass is 10.1. The van der Waals surface area contributed by atoms with Gasteiger partial charge in [-0.05, 0) is 32.4 Å². The van der Waals surface area contributed by atoms with E-state index in [9.17, 15) is 9.59 Å². The van der Waals surface area contributed by atoms with Crippen molar-refractivity contribution >= 4 is 28.2 Å². The molecule has 1 aromatic heterocycles. The number of esters is 1. The van der Waals surface area contributed by atoms with E-state index in [0.717, 1.165) is 29.2 Å². The van der Waals surface area contributed by atoms with Crippen LogP contribution in [0.2, 0.25) is 0 Å². The zero-order valence-electron chi connectivity index (χ0n) is 16.4. The van der Waals surface area contributed by atoms with E-state index < -0.39 is 12.1 Å². The molecule has 2 heterocycles. The minimum absolute atomic E-state index is 0.00649. The molecule has 7 heteroatoms. The van der Waals surface area contributed by atoms with Gasteiger partial charge in [-0.25, -0.2) is 4.79 Å². The molecule has 0 bridgehead atoms. The highest BCUT2D eigenvalue weighted by Crippen LogP contribution is 2.39. The molecule has 2 aromatic rings. The molecule has 28 heavy (non-hydrogen) atoms. The Morgan fingerprint density at radius 1 is 1.14 bits per heavy atom. The number of carbonyl (C=O) groups is 2. The molecule has 1 aliphatic heterocycles. The number of thiophene rings is 1. The van der Waals surface area contributed by atoms with Crippen molar-refractivity contribution in [3.63, 3.8) is 0 Å². The first-order valence-electron chi connectivity index (χ1n) is 9.49. The van der Waals surface area contributed by atoms with E-state index in [2.05, 4.69) is 10.2 Å². The lowest BCUT2D eigenvalue weighted by Gasteiger charge is -2.28. The molecule has 6 nitrogen and oxygen atoms in total. The average molecular weight is 403 g/mol. The van der Waals surface area contributed by atoms with E-state index in [1.165, 1.54) is 11.3 Å². The number of anilines is 1. The Labute approximate surface area is 169 Å². The SMILES string of the molecule is CC(C)NC(=O)[C@@H](C)OC(=O)c1cc(-c2ccccc2)c(N2CCOCC2)s1. The van der Waals surface area contributed by atoms with Crippen LogP contribution in [0.4, 0.5) is 5.00 Å². The molecule has 1 amide bonds. The van der Waals surface area contributed by atoms with Gasteiger partial charge in [0.1, 0.15) is 4.88 Å². The van der Waals surface area contributed by atoms with Gasteiger partial charge >= 0.3 is 5.97 Å². The van der Waals surface area contributed by atoms with Gasteiger partial charge < -0.3 is 19.7 Å². The van der Waals surface area contributed by atoms with Crippen molar-refractivity contribution in [1.82, 2.24) is 5.32 Å². The summed E-state index contributed by atoms with van der Waals surface area (Å²) in [4.78, 5) is 27.5. The molecule has 0 aliphatic carbocycles. The number of benzene rings is 1. The van der Waals surface area contributed by atoms with Gasteiger partial charge in [-0.2, -0.15) is 0 Å². The Morgan fingerprint density at radius 2 is 1.82 bits per heavy atom. The van der Waals surface area contributed by atoms with Crippen LogP contribution < -0.4 is 10.2 Å². The Bertz CT molecular complexity index is 813. The summed E-state index contributed by atoms with van der Waals surface area (Å²) in [5.74, 6) is -0.773. The third-order valence-electron chi connectivity index (χ3n) is 4.38. The first-order chi connectivity index (χ1) is 13.5. The minimum Gasteiger partial charge on any atom is -0.448 e. The number of rotatable bonds is 6. The fourth-order valence-corrected chi connectivity index (χ4v) is 4.10. The third kappa shape index (κ3) is 4.91. The normalized spacial score (nSPS) is 15.4. The van der Waals surface area contributed by atoms with Crippen LogP contribution in [0.25, 0.3) is 11.1 Å². The molecule has 1 N–H and O–H groups in total. The average Bonchev–Trinajstić information content (AvgIpc) is 3.14. The molecular formula is C21H26N2O4S. The standard InChI is InChI=1S/C21H26N2O4S/c1-14(2)22-19(24)15(3)27-21(25)18-13-17(16-7-5-4-6-8-16)20(28-18)23-9-11-26-12-10-23/h4-8,13-15H,9-12H2,1-3H3,(H,22,24)/t15-/m1/s1. The van der Waals surface area contributed by atoms with E-state index in [-0.39, 0.29) is 11.9 Å². The molecule has 1 aliphatic rings. The molecule has 150 valence electrons. The zero-order chi connectivity index (χ0) is 20.1. The van der Waals surface area contributed by atoms with Crippen molar-refractivity contribution in [2.75, 3.05) is 31.2 Å². The Balaban J connectivity index is 1.84. The second-order valence-electron chi connectivity index (χ2n) is 7.01. The maximum atomic E-state index is 12.7. The Morgan fingerprint density at radius 3 is 2.46 bits per heavy atom. The molecule has 1 aromatic carbocycles. The van der Waals surface area contributed by atoms with Gasteiger partial charge in [0.05, 0.1) is 18.2 Å². The van der Waals surface area contributed by atoms with Crippen LogP contribution in [0.15, 0.2) is 36.4 Å². The van der Waals surface area contributed by atoms with Gasteiger partial charge in [0, 0.05) is 24.7 Å². The van der Waals surface area contributed by atoms with Crippen LogP contribution in [0.5, 0.6) is 0 Å². The first-order valence-corrected chi connectivity index (χ1v) is 10.3. The molecule has 1 fully saturated rings. The largest absolute Gasteiger partial charge is 0.448 e. The van der Waals surface area contributed by atoms with Gasteiger partial charge in [0.25, 0.3) is 5.91 Å². The van der Waals surface area contributed by atoms with Crippen LogP contribution in [-0.2, 0) is 14.3 Å². The summed E-state index contributed by atoms with van der Waals surface area (Å²) in [5, 5.41) is 3.79. The van der Waals surface area contributed by atoms with E-state index in [1.807, 2.05) is 50.2 Å². The Kier molecular flexibility index (Phi) is 6.70. The highest BCUT2D eigenvalue weighted by Gasteiger charge is 2.25. The number of morpholine rings is 1. The fraction of sp³-hybridized carbons (Fsp3) is 0.429. The lowest BCUT2D eigenvalue weighted by molar-refractivity contribution is -0.129. The van der Waals surface area contributed by atoms with Crippen LogP contribution in [-0.4, -0.2) is 50.3 Å². The number of ether oxygens (including phenoxy) is 2. The summed E-state index contributed by atoms with van der Waals surface area (Å²) in [5.41, 5.74) is 2.05. The summed E-state index contributed by atoms with van der Waals surface area (Å²) < 4.78 is 10.9. The van der Waals surface area contributed by atoms with Crippen LogP contribution in [0.3, 0.4) is 0 Å². The zero-order valence-corrected chi connectivity index (χ0v) is 17.3. The minimum atomic E-state index is -0.844. The van der Waals surface area contributed by atoms with Crippen molar-refractivity contribution in [1.29, 1.82) is 0 Å². The van der Waals surface area contributed by atoms with Crippen molar-refractivity contribution in [2.24, 2.45) is 0 Å². The quantitative estimate of drug-likeness (QED) is 0.751. The van der Waals surface area contributed by atoms with E-state index >= 15 is 0 Å². The summed E-state index contributed by atoms with van der Waals surface area (Å²) in [6.07, 6.45) is -0.844. The maximum Gasteiger partial charge on any atom is 0.349 e. The number of nitrogens with zero attached hydrogens (tertiary/aromatic N) is 1. The van der Waals surface area contributed by atoms with Gasteiger partial charge in [-0.1, -0.05) is 30.3 Å². The first kappa shape index (κ1) is 20.4. The second kappa shape index (κ2) is 9.21. The van der Waals surface area contributed by atoms with Gasteiger partial charge in [0.2, 0.25) is 0 Å². The summed E-state index contributed by atoms with van der Waals surface area (Å²) in [6.45, 7) is 8.21. The number of hydrogen-bond donors (Lipinski definition) is 1. The number of amides is 1. The number of hydrogen-bond acceptors (Lipinski definition) is 6. The topological polar surface area (TPSA) is 67.9 Å². The van der Waals surface area contributed by atoms with E-state index in [0.29, 0.717) is 18.1 Å². The smallest absolute Gasteiger partial charge is 0.349 e. The van der Waals surface area contributed by atoms with Crippen LogP contribution >= 0.6 is 11.3 Å². The molecule has 0 radical (unpaired) electrons.